The summed E-state index contributed by atoms with van der Waals surface area (Å²) in [6.07, 6.45) is 0. The molecule has 1 N–H and O–H groups in total. The van der Waals surface area contributed by atoms with Gasteiger partial charge in [-0.3, -0.25) is 0 Å². The summed E-state index contributed by atoms with van der Waals surface area (Å²) in [5.74, 6) is 1.05. The molecular formula is C25H35N2OSiTi. The summed E-state index contributed by atoms with van der Waals surface area (Å²) in [6.45, 7) is 11.5. The van der Waals surface area contributed by atoms with Gasteiger partial charge >= 0.3 is 190 Å². The molecule has 0 bridgehead atoms. The van der Waals surface area contributed by atoms with E-state index in [2.05, 4.69) is 91.6 Å². The number of benzene rings is 2. The predicted molar refractivity (Wildman–Crippen MR) is 130 cm³/mol. The SMILES string of the molecule is COc1c([SiH](C)C)cc2c(c1NC(C)(C)C)c1c(n2C)[CH]([Ti]([CH3])[CH3])c2ccccc2-1. The second kappa shape index (κ2) is 7.58. The molecule has 1 aliphatic rings. The number of aromatic nitrogens is 1. The number of nitrogens with one attached hydrogen (secondary N) is 1. The number of methoxy groups -OCH3 is 1. The number of ether oxygens (including phenoxy) is 1. The molecule has 0 spiro atoms. The molecule has 4 rings (SSSR count). The first kappa shape index (κ1) is 21.7. The van der Waals surface area contributed by atoms with Crippen molar-refractivity contribution in [2.75, 3.05) is 12.4 Å². The standard InChI is InChI=1S/C23H29N2OSi.2CH3.Ti/c1-23(2,3)24-21-20-17(13-18(27(6)7)22(21)26-5)25(4)16-12-14-10-8-9-11-15(14)19(16)20;;;/h8-13,24,27H,1-7H3;2*1H3;. The summed E-state index contributed by atoms with van der Waals surface area (Å²) in [4.78, 5) is 0. The zero-order chi connectivity index (χ0) is 22.0. The molecule has 0 amide bonds. The van der Waals surface area contributed by atoms with Crippen molar-refractivity contribution in [1.29, 1.82) is 0 Å². The fraction of sp³-hybridized carbons (Fsp3) is 0.440. The molecule has 3 nitrogen and oxygen atoms in total. The maximum absolute atomic E-state index is 6.10. The van der Waals surface area contributed by atoms with Crippen molar-refractivity contribution < 1.29 is 22.6 Å². The topological polar surface area (TPSA) is 26.2 Å². The third-order valence-electron chi connectivity index (χ3n) is 6.23. The average molecular weight is 456 g/mol. The normalized spacial score (nSPS) is 15.5. The first-order chi connectivity index (χ1) is 14.1. The van der Waals surface area contributed by atoms with E-state index in [0.29, 0.717) is 4.22 Å². The van der Waals surface area contributed by atoms with E-state index < -0.39 is 26.7 Å². The molecule has 30 heavy (non-hydrogen) atoms. The molecule has 1 unspecified atom stereocenters. The number of aryl methyl sites for hydroxylation is 1. The number of fused-ring (bicyclic) bond motifs is 5. The Hall–Kier alpha value is -1.49. The monoisotopic (exact) mass is 455 g/mol. The van der Waals surface area contributed by atoms with E-state index in [1.165, 1.54) is 44.2 Å². The molecule has 0 radical (unpaired) electrons. The molecule has 159 valence electrons. The zero-order valence-electron chi connectivity index (χ0n) is 19.9. The molecule has 1 atom stereocenters. The van der Waals surface area contributed by atoms with E-state index in [4.69, 9.17) is 4.74 Å². The van der Waals surface area contributed by atoms with Crippen LogP contribution in [0.4, 0.5) is 5.69 Å². The fourth-order valence-electron chi connectivity index (χ4n) is 5.08. The Balaban J connectivity index is 2.19. The zero-order valence-corrected chi connectivity index (χ0v) is 22.6. The van der Waals surface area contributed by atoms with Crippen molar-refractivity contribution in [3.05, 3.63) is 41.6 Å². The van der Waals surface area contributed by atoms with Gasteiger partial charge in [0.15, 0.2) is 0 Å². The quantitative estimate of drug-likeness (QED) is 0.498. The van der Waals surface area contributed by atoms with Crippen molar-refractivity contribution >= 4 is 30.6 Å². The summed E-state index contributed by atoms with van der Waals surface area (Å²) in [7, 11) is 3.03. The van der Waals surface area contributed by atoms with Crippen LogP contribution >= 0.6 is 0 Å². The maximum atomic E-state index is 6.10. The molecule has 0 saturated carbocycles. The van der Waals surface area contributed by atoms with E-state index in [-0.39, 0.29) is 5.54 Å². The molecule has 3 aromatic rings. The van der Waals surface area contributed by atoms with Crippen LogP contribution < -0.4 is 15.2 Å². The van der Waals surface area contributed by atoms with Crippen LogP contribution in [0.2, 0.25) is 23.6 Å². The van der Waals surface area contributed by atoms with E-state index in [1.807, 2.05) is 7.11 Å². The molecule has 1 heterocycles. The Morgan fingerprint density at radius 2 is 1.80 bits per heavy atom. The Bertz CT molecular complexity index is 1120. The number of nitrogens with zero attached hydrogens (tertiary/aromatic N) is 1. The fourth-order valence-corrected chi connectivity index (χ4v) is 9.10. The van der Waals surface area contributed by atoms with Gasteiger partial charge in [0.1, 0.15) is 0 Å². The summed E-state index contributed by atoms with van der Waals surface area (Å²) in [5, 5.41) is 11.6. The van der Waals surface area contributed by atoms with Gasteiger partial charge in [-0.15, -0.1) is 0 Å². The first-order valence-corrected chi connectivity index (χ1v) is 17.9. The molecule has 0 aliphatic heterocycles. The summed E-state index contributed by atoms with van der Waals surface area (Å²) >= 11 is -1.25. The van der Waals surface area contributed by atoms with Crippen LogP contribution in [0.25, 0.3) is 22.0 Å². The molecule has 1 aromatic heterocycles. The molecule has 5 heteroatoms. The molecule has 2 aromatic carbocycles. The van der Waals surface area contributed by atoms with Gasteiger partial charge < -0.3 is 0 Å². The summed E-state index contributed by atoms with van der Waals surface area (Å²) in [6, 6.07) is 11.5. The number of hydrogen-bond acceptors (Lipinski definition) is 2. The third-order valence-corrected chi connectivity index (χ3v) is 10.6. The van der Waals surface area contributed by atoms with Crippen LogP contribution in [-0.2, 0) is 24.9 Å². The van der Waals surface area contributed by atoms with E-state index in [0.717, 1.165) is 5.75 Å². The Morgan fingerprint density at radius 3 is 2.37 bits per heavy atom. The first-order valence-electron chi connectivity index (χ1n) is 11.0. The van der Waals surface area contributed by atoms with Gasteiger partial charge in [0, 0.05) is 0 Å². The van der Waals surface area contributed by atoms with Gasteiger partial charge in [-0.2, -0.15) is 0 Å². The van der Waals surface area contributed by atoms with Crippen molar-refractivity contribution in [1.82, 2.24) is 4.57 Å². The van der Waals surface area contributed by atoms with Crippen LogP contribution in [0.5, 0.6) is 5.75 Å². The number of hydrogen-bond donors (Lipinski definition) is 1. The molecular weight excluding hydrogens is 420 g/mol. The van der Waals surface area contributed by atoms with Crippen LogP contribution in [0.1, 0.15) is 36.3 Å². The van der Waals surface area contributed by atoms with Crippen LogP contribution in [0.15, 0.2) is 30.3 Å². The van der Waals surface area contributed by atoms with Crippen molar-refractivity contribution in [3.63, 3.8) is 0 Å². The van der Waals surface area contributed by atoms with Gasteiger partial charge in [-0.1, -0.05) is 0 Å². The van der Waals surface area contributed by atoms with E-state index in [1.54, 1.807) is 0 Å². The van der Waals surface area contributed by atoms with Crippen LogP contribution in [-0.4, -0.2) is 26.0 Å². The molecule has 0 fully saturated rings. The van der Waals surface area contributed by atoms with Gasteiger partial charge in [-0.25, -0.2) is 0 Å². The Morgan fingerprint density at radius 1 is 1.13 bits per heavy atom. The van der Waals surface area contributed by atoms with Gasteiger partial charge in [0.25, 0.3) is 0 Å². The van der Waals surface area contributed by atoms with Gasteiger partial charge in [0.2, 0.25) is 0 Å². The van der Waals surface area contributed by atoms with Crippen LogP contribution in [0.3, 0.4) is 0 Å². The summed E-state index contributed by atoms with van der Waals surface area (Å²) in [5.41, 5.74) is 8.39. The van der Waals surface area contributed by atoms with Gasteiger partial charge in [0.05, 0.1) is 0 Å². The molecule has 0 saturated heterocycles. The van der Waals surface area contributed by atoms with Crippen molar-refractivity contribution in [2.45, 2.75) is 54.1 Å². The number of anilines is 1. The van der Waals surface area contributed by atoms with Crippen molar-refractivity contribution in [2.24, 2.45) is 7.05 Å². The minimum atomic E-state index is -1.25. The van der Waals surface area contributed by atoms with Crippen molar-refractivity contribution in [3.8, 4) is 16.9 Å². The second-order valence-electron chi connectivity index (χ2n) is 10.2. The predicted octanol–water partition coefficient (Wildman–Crippen LogP) is 5.88. The minimum absolute atomic E-state index is 0.0494. The Labute approximate surface area is 189 Å². The molecule has 1 aliphatic carbocycles. The second-order valence-corrected chi connectivity index (χ2v) is 17.4. The average Bonchev–Trinajstić information content (AvgIpc) is 3.13. The van der Waals surface area contributed by atoms with E-state index >= 15 is 0 Å². The van der Waals surface area contributed by atoms with Gasteiger partial charge in [-0.05, 0) is 0 Å². The Kier molecular flexibility index (Phi) is 5.49. The van der Waals surface area contributed by atoms with E-state index in [9.17, 15) is 0 Å². The number of rotatable bonds is 4. The van der Waals surface area contributed by atoms with Crippen LogP contribution in [0, 0.1) is 0 Å². The summed E-state index contributed by atoms with van der Waals surface area (Å²) < 4.78 is 9.18. The third kappa shape index (κ3) is 3.28.